The van der Waals surface area contributed by atoms with Crippen LogP contribution in [0, 0.1) is 0 Å². The van der Waals surface area contributed by atoms with Gasteiger partial charge in [-0.05, 0) is 29.8 Å². The summed E-state index contributed by atoms with van der Waals surface area (Å²) in [6.45, 7) is 0.674. The number of rotatable bonds is 4. The number of nitrogens with zero attached hydrogens (tertiary/aromatic N) is 1. The van der Waals surface area contributed by atoms with Crippen LogP contribution < -0.4 is 10.2 Å². The zero-order valence-corrected chi connectivity index (χ0v) is 15.6. The molecule has 2 aromatic rings. The number of benzene rings is 2. The maximum absolute atomic E-state index is 12.6. The lowest BCUT2D eigenvalue weighted by Crippen LogP contribution is -2.42. The Kier molecular flexibility index (Phi) is 5.30. The highest BCUT2D eigenvalue weighted by molar-refractivity contribution is 9.10. The SMILES string of the molecule is O=C(NCc1cccc(Br)c1)O[C@]1(Cl)CCN(c2ccccc2)C1=O. The number of para-hydroxylation sites is 1. The summed E-state index contributed by atoms with van der Waals surface area (Å²) < 4.78 is 6.14. The van der Waals surface area contributed by atoms with E-state index in [1.165, 1.54) is 4.90 Å². The summed E-state index contributed by atoms with van der Waals surface area (Å²) >= 11 is 9.66. The molecule has 1 aliphatic rings. The van der Waals surface area contributed by atoms with Gasteiger partial charge < -0.3 is 15.0 Å². The third kappa shape index (κ3) is 4.14. The first-order chi connectivity index (χ1) is 12.0. The minimum Gasteiger partial charge on any atom is -0.417 e. The third-order valence-electron chi connectivity index (χ3n) is 3.87. The quantitative estimate of drug-likeness (QED) is 0.755. The smallest absolute Gasteiger partial charge is 0.409 e. The molecule has 0 bridgehead atoms. The Morgan fingerprint density at radius 1 is 1.24 bits per heavy atom. The van der Waals surface area contributed by atoms with Crippen LogP contribution in [0.2, 0.25) is 0 Å². The molecule has 5 nitrogen and oxygen atoms in total. The van der Waals surface area contributed by atoms with Crippen molar-refractivity contribution < 1.29 is 14.3 Å². The van der Waals surface area contributed by atoms with E-state index in [2.05, 4.69) is 21.2 Å². The van der Waals surface area contributed by atoms with Gasteiger partial charge in [0.15, 0.2) is 0 Å². The number of carbonyl (C=O) groups is 2. The molecular formula is C18H16BrClN2O3. The summed E-state index contributed by atoms with van der Waals surface area (Å²) in [4.78, 5) is 26.1. The molecule has 130 valence electrons. The Labute approximate surface area is 159 Å². The van der Waals surface area contributed by atoms with Crippen LogP contribution in [0.5, 0.6) is 0 Å². The number of alkyl halides is 1. The lowest BCUT2D eigenvalue weighted by Gasteiger charge is -2.22. The van der Waals surface area contributed by atoms with Crippen molar-refractivity contribution in [3.63, 3.8) is 0 Å². The molecule has 2 aromatic carbocycles. The molecule has 1 heterocycles. The molecule has 1 saturated heterocycles. The minimum atomic E-state index is -1.67. The van der Waals surface area contributed by atoms with Crippen molar-refractivity contribution in [1.82, 2.24) is 5.32 Å². The zero-order chi connectivity index (χ0) is 17.9. The van der Waals surface area contributed by atoms with Crippen molar-refractivity contribution in [1.29, 1.82) is 0 Å². The second-order valence-electron chi connectivity index (χ2n) is 5.64. The van der Waals surface area contributed by atoms with Crippen LogP contribution in [0.4, 0.5) is 10.5 Å². The van der Waals surface area contributed by atoms with Gasteiger partial charge in [0, 0.05) is 29.7 Å². The second-order valence-corrected chi connectivity index (χ2v) is 7.17. The van der Waals surface area contributed by atoms with Gasteiger partial charge in [-0.2, -0.15) is 0 Å². The molecule has 1 N–H and O–H groups in total. The van der Waals surface area contributed by atoms with Crippen LogP contribution >= 0.6 is 27.5 Å². The molecule has 0 aromatic heterocycles. The summed E-state index contributed by atoms with van der Waals surface area (Å²) in [6.07, 6.45) is -0.495. The van der Waals surface area contributed by atoms with Crippen LogP contribution in [0.15, 0.2) is 59.1 Å². The van der Waals surface area contributed by atoms with E-state index in [1.54, 1.807) is 0 Å². The third-order valence-corrected chi connectivity index (χ3v) is 4.79. The number of halogens is 2. The van der Waals surface area contributed by atoms with Crippen molar-refractivity contribution in [2.45, 2.75) is 18.0 Å². The van der Waals surface area contributed by atoms with E-state index in [1.807, 2.05) is 54.6 Å². The van der Waals surface area contributed by atoms with E-state index in [9.17, 15) is 9.59 Å². The Morgan fingerprint density at radius 2 is 2.00 bits per heavy atom. The fourth-order valence-electron chi connectivity index (χ4n) is 2.62. The summed E-state index contributed by atoms with van der Waals surface area (Å²) in [5.74, 6) is -0.432. The molecule has 1 fully saturated rings. The Balaban J connectivity index is 1.60. The summed E-state index contributed by atoms with van der Waals surface area (Å²) in [5, 5.41) is 0.947. The van der Waals surface area contributed by atoms with Gasteiger partial charge in [-0.3, -0.25) is 4.79 Å². The van der Waals surface area contributed by atoms with Gasteiger partial charge in [0.1, 0.15) is 0 Å². The highest BCUT2D eigenvalue weighted by atomic mass is 79.9. The monoisotopic (exact) mass is 422 g/mol. The van der Waals surface area contributed by atoms with E-state index < -0.39 is 17.1 Å². The lowest BCUT2D eigenvalue weighted by molar-refractivity contribution is -0.126. The van der Waals surface area contributed by atoms with E-state index >= 15 is 0 Å². The van der Waals surface area contributed by atoms with Gasteiger partial charge in [-0.25, -0.2) is 4.79 Å². The molecule has 1 aliphatic heterocycles. The molecule has 7 heteroatoms. The van der Waals surface area contributed by atoms with Crippen LogP contribution in [-0.4, -0.2) is 23.6 Å². The summed E-state index contributed by atoms with van der Waals surface area (Å²) in [6, 6.07) is 16.7. The van der Waals surface area contributed by atoms with E-state index in [-0.39, 0.29) is 13.0 Å². The molecule has 25 heavy (non-hydrogen) atoms. The normalized spacial score (nSPS) is 19.8. The zero-order valence-electron chi connectivity index (χ0n) is 13.2. The molecular weight excluding hydrogens is 408 g/mol. The number of anilines is 1. The first-order valence-corrected chi connectivity index (χ1v) is 8.92. The van der Waals surface area contributed by atoms with Gasteiger partial charge in [0.25, 0.3) is 11.0 Å². The number of hydrogen-bond acceptors (Lipinski definition) is 3. The van der Waals surface area contributed by atoms with Crippen molar-refractivity contribution in [3.8, 4) is 0 Å². The standard InChI is InChI=1S/C18H16BrClN2O3/c19-14-6-4-5-13(11-14)12-21-17(24)25-18(20)9-10-22(16(18)23)15-7-2-1-3-8-15/h1-8,11H,9-10,12H2,(H,21,24)/t18-/m1/s1. The number of nitrogens with one attached hydrogen (secondary N) is 1. The molecule has 0 aliphatic carbocycles. The molecule has 0 radical (unpaired) electrons. The Hall–Kier alpha value is -2.05. The largest absolute Gasteiger partial charge is 0.417 e. The summed E-state index contributed by atoms with van der Waals surface area (Å²) in [7, 11) is 0. The van der Waals surface area contributed by atoms with Gasteiger partial charge in [-0.15, -0.1) is 0 Å². The highest BCUT2D eigenvalue weighted by Gasteiger charge is 2.49. The highest BCUT2D eigenvalue weighted by Crippen LogP contribution is 2.34. The molecule has 0 spiro atoms. The van der Waals surface area contributed by atoms with Crippen molar-refractivity contribution in [2.24, 2.45) is 0 Å². The first-order valence-electron chi connectivity index (χ1n) is 7.75. The second kappa shape index (κ2) is 7.45. The maximum atomic E-state index is 12.6. The fraction of sp³-hybridized carbons (Fsp3) is 0.222. The van der Waals surface area contributed by atoms with Crippen LogP contribution in [0.25, 0.3) is 0 Å². The van der Waals surface area contributed by atoms with Crippen molar-refractivity contribution >= 4 is 45.2 Å². The Morgan fingerprint density at radius 3 is 2.72 bits per heavy atom. The van der Waals surface area contributed by atoms with Crippen molar-refractivity contribution in [3.05, 3.63) is 64.6 Å². The number of ether oxygens (including phenoxy) is 1. The van der Waals surface area contributed by atoms with Crippen molar-refractivity contribution in [2.75, 3.05) is 11.4 Å². The molecule has 2 amide bonds. The summed E-state index contributed by atoms with van der Waals surface area (Å²) in [5.41, 5.74) is 1.63. The number of hydrogen-bond donors (Lipinski definition) is 1. The average molecular weight is 424 g/mol. The Bertz CT molecular complexity index is 787. The molecule has 0 saturated carbocycles. The van der Waals surface area contributed by atoms with Gasteiger partial charge in [-0.1, -0.05) is 57.9 Å². The number of carbonyl (C=O) groups excluding carboxylic acids is 2. The van der Waals surface area contributed by atoms with Crippen LogP contribution in [-0.2, 0) is 16.1 Å². The topological polar surface area (TPSA) is 58.6 Å². The first kappa shape index (κ1) is 17.8. The van der Waals surface area contributed by atoms with Gasteiger partial charge >= 0.3 is 6.09 Å². The molecule has 0 unspecified atom stereocenters. The number of alkyl carbamates (subject to hydrolysis) is 1. The molecule has 1 atom stereocenters. The minimum absolute atomic E-state index is 0.229. The predicted molar refractivity (Wildman–Crippen MR) is 99.5 cm³/mol. The molecule has 3 rings (SSSR count). The number of amides is 2. The average Bonchev–Trinajstić information content (AvgIpc) is 2.89. The van der Waals surface area contributed by atoms with E-state index in [0.717, 1.165) is 15.7 Å². The van der Waals surface area contributed by atoms with Gasteiger partial charge in [0.2, 0.25) is 0 Å². The van der Waals surface area contributed by atoms with Gasteiger partial charge in [0.05, 0.1) is 0 Å². The lowest BCUT2D eigenvalue weighted by atomic mass is 10.2. The fourth-order valence-corrected chi connectivity index (χ4v) is 3.32. The van der Waals surface area contributed by atoms with Crippen LogP contribution in [0.1, 0.15) is 12.0 Å². The van der Waals surface area contributed by atoms with Crippen LogP contribution in [0.3, 0.4) is 0 Å². The maximum Gasteiger partial charge on any atom is 0.409 e. The van der Waals surface area contributed by atoms with E-state index in [0.29, 0.717) is 6.54 Å². The van der Waals surface area contributed by atoms with E-state index in [4.69, 9.17) is 16.3 Å². The predicted octanol–water partition coefficient (Wildman–Crippen LogP) is 4.05.